The number of carbonyl (C=O) groups is 1. The molecule has 1 N–H and O–H groups in total. The number of hydrogen-bond acceptors (Lipinski definition) is 3. The second kappa shape index (κ2) is 6.54. The summed E-state index contributed by atoms with van der Waals surface area (Å²) < 4.78 is 1.96. The van der Waals surface area contributed by atoms with Gasteiger partial charge >= 0.3 is 0 Å². The fourth-order valence-electron chi connectivity index (χ4n) is 3.07. The highest BCUT2D eigenvalue weighted by Gasteiger charge is 2.28. The smallest absolute Gasteiger partial charge is 0.274 e. The second-order valence-corrected chi connectivity index (χ2v) is 6.21. The molecule has 0 spiro atoms. The molecular formula is C18H24N4O. The fraction of sp³-hybridized carbons (Fsp3) is 0.444. The Morgan fingerprint density at radius 3 is 2.74 bits per heavy atom. The van der Waals surface area contributed by atoms with E-state index >= 15 is 0 Å². The van der Waals surface area contributed by atoms with Gasteiger partial charge in [0.25, 0.3) is 5.91 Å². The monoisotopic (exact) mass is 312 g/mol. The van der Waals surface area contributed by atoms with Gasteiger partial charge in [0, 0.05) is 31.4 Å². The summed E-state index contributed by atoms with van der Waals surface area (Å²) in [5.41, 5.74) is 5.20. The van der Waals surface area contributed by atoms with Crippen LogP contribution in [0.25, 0.3) is 5.69 Å². The first-order valence-corrected chi connectivity index (χ1v) is 8.19. The Hall–Kier alpha value is -2.14. The molecule has 122 valence electrons. The van der Waals surface area contributed by atoms with E-state index in [1.54, 1.807) is 4.90 Å². The highest BCUT2D eigenvalue weighted by molar-refractivity contribution is 5.94. The van der Waals surface area contributed by atoms with Gasteiger partial charge in [0.05, 0.1) is 5.69 Å². The number of amides is 1. The number of fused-ring (bicyclic) bond motifs is 1. The minimum atomic E-state index is 0.0178. The molecule has 0 fully saturated rings. The minimum Gasteiger partial charge on any atom is -0.339 e. The summed E-state index contributed by atoms with van der Waals surface area (Å²) in [5, 5.41) is 7.74. The van der Waals surface area contributed by atoms with Crippen LogP contribution in [0.15, 0.2) is 24.3 Å². The van der Waals surface area contributed by atoms with Crippen molar-refractivity contribution in [1.82, 2.24) is 20.0 Å². The number of hydrogen-bond donors (Lipinski definition) is 1. The van der Waals surface area contributed by atoms with Gasteiger partial charge in [0.1, 0.15) is 0 Å². The lowest BCUT2D eigenvalue weighted by atomic mass is 10.2. The highest BCUT2D eigenvalue weighted by atomic mass is 16.2. The molecule has 0 saturated carbocycles. The van der Waals surface area contributed by atoms with Gasteiger partial charge in [-0.3, -0.25) is 4.79 Å². The Kier molecular flexibility index (Phi) is 4.48. The first kappa shape index (κ1) is 15.7. The van der Waals surface area contributed by atoms with Gasteiger partial charge in [-0.15, -0.1) is 0 Å². The van der Waals surface area contributed by atoms with E-state index in [1.807, 2.05) is 18.8 Å². The maximum Gasteiger partial charge on any atom is 0.274 e. The van der Waals surface area contributed by atoms with Crippen LogP contribution in [0, 0.1) is 6.92 Å². The van der Waals surface area contributed by atoms with Crippen LogP contribution in [0.5, 0.6) is 0 Å². The quantitative estimate of drug-likeness (QED) is 0.918. The first-order chi connectivity index (χ1) is 11.1. The average Bonchev–Trinajstić information content (AvgIpc) is 3.15. The maximum atomic E-state index is 12.7. The number of aryl methyl sites for hydroxylation is 1. The van der Waals surface area contributed by atoms with Gasteiger partial charge in [-0.05, 0) is 45.4 Å². The SMILES string of the molecule is CNCCN(C)C(=O)c1nn(-c2ccc(C)cc2)c2c1CCC2. The molecule has 1 aromatic heterocycles. The number of rotatable bonds is 5. The molecule has 5 nitrogen and oxygen atoms in total. The Bertz CT molecular complexity index is 703. The molecule has 3 rings (SSSR count). The van der Waals surface area contributed by atoms with Crippen molar-refractivity contribution in [3.05, 3.63) is 46.8 Å². The summed E-state index contributed by atoms with van der Waals surface area (Å²) in [6, 6.07) is 8.30. The molecule has 1 aliphatic carbocycles. The molecule has 0 aliphatic heterocycles. The zero-order chi connectivity index (χ0) is 16.4. The van der Waals surface area contributed by atoms with Gasteiger partial charge in [0.2, 0.25) is 0 Å². The molecular weight excluding hydrogens is 288 g/mol. The summed E-state index contributed by atoms with van der Waals surface area (Å²) in [7, 11) is 3.73. The number of nitrogens with one attached hydrogen (secondary N) is 1. The van der Waals surface area contributed by atoms with E-state index in [-0.39, 0.29) is 5.91 Å². The van der Waals surface area contributed by atoms with Crippen molar-refractivity contribution in [3.63, 3.8) is 0 Å². The molecule has 5 heteroatoms. The summed E-state index contributed by atoms with van der Waals surface area (Å²) in [4.78, 5) is 14.5. The van der Waals surface area contributed by atoms with Crippen LogP contribution < -0.4 is 5.32 Å². The van der Waals surface area contributed by atoms with Crippen molar-refractivity contribution in [2.75, 3.05) is 27.2 Å². The number of likely N-dealkylation sites (N-methyl/N-ethyl adjacent to an activating group) is 2. The van der Waals surface area contributed by atoms with E-state index in [1.165, 1.54) is 11.3 Å². The highest BCUT2D eigenvalue weighted by Crippen LogP contribution is 2.28. The van der Waals surface area contributed by atoms with E-state index in [0.29, 0.717) is 12.2 Å². The molecule has 0 saturated heterocycles. The maximum absolute atomic E-state index is 12.7. The number of nitrogens with zero attached hydrogens (tertiary/aromatic N) is 3. The van der Waals surface area contributed by atoms with Gasteiger partial charge in [-0.1, -0.05) is 17.7 Å². The van der Waals surface area contributed by atoms with Crippen LogP contribution >= 0.6 is 0 Å². The van der Waals surface area contributed by atoms with Crippen LogP contribution in [-0.2, 0) is 12.8 Å². The third-order valence-corrected chi connectivity index (χ3v) is 4.46. The second-order valence-electron chi connectivity index (χ2n) is 6.21. The Morgan fingerprint density at radius 2 is 2.04 bits per heavy atom. The molecule has 0 atom stereocenters. The average molecular weight is 312 g/mol. The van der Waals surface area contributed by atoms with Crippen LogP contribution in [0.3, 0.4) is 0 Å². The molecule has 1 aromatic carbocycles. The third kappa shape index (κ3) is 3.01. The van der Waals surface area contributed by atoms with Crippen molar-refractivity contribution in [2.45, 2.75) is 26.2 Å². The van der Waals surface area contributed by atoms with Gasteiger partial charge in [-0.2, -0.15) is 5.10 Å². The predicted molar refractivity (Wildman–Crippen MR) is 91.2 cm³/mol. The zero-order valence-corrected chi connectivity index (χ0v) is 14.1. The summed E-state index contributed by atoms with van der Waals surface area (Å²) in [6.07, 6.45) is 3.03. The zero-order valence-electron chi connectivity index (χ0n) is 14.1. The lowest BCUT2D eigenvalue weighted by molar-refractivity contribution is 0.0789. The van der Waals surface area contributed by atoms with Gasteiger partial charge in [0.15, 0.2) is 5.69 Å². The number of carbonyl (C=O) groups excluding carboxylic acids is 1. The van der Waals surface area contributed by atoms with Gasteiger partial charge < -0.3 is 10.2 Å². The van der Waals surface area contributed by atoms with Crippen LogP contribution in [0.2, 0.25) is 0 Å². The van der Waals surface area contributed by atoms with Crippen molar-refractivity contribution in [2.24, 2.45) is 0 Å². The standard InChI is InChI=1S/C18H24N4O/c1-13-7-9-14(10-8-13)22-16-6-4-5-15(16)17(20-22)18(23)21(3)12-11-19-2/h7-10,19H,4-6,11-12H2,1-3H3. The van der Waals surface area contributed by atoms with E-state index in [9.17, 15) is 4.79 Å². The molecule has 0 radical (unpaired) electrons. The van der Waals surface area contributed by atoms with E-state index in [2.05, 4.69) is 41.6 Å². The van der Waals surface area contributed by atoms with Crippen LogP contribution in [-0.4, -0.2) is 47.8 Å². The van der Waals surface area contributed by atoms with E-state index < -0.39 is 0 Å². The van der Waals surface area contributed by atoms with Crippen molar-refractivity contribution < 1.29 is 4.79 Å². The lowest BCUT2D eigenvalue weighted by Crippen LogP contribution is -2.33. The van der Waals surface area contributed by atoms with Crippen molar-refractivity contribution in [1.29, 1.82) is 0 Å². The Morgan fingerprint density at radius 1 is 1.30 bits per heavy atom. The molecule has 1 heterocycles. The lowest BCUT2D eigenvalue weighted by Gasteiger charge is -2.16. The van der Waals surface area contributed by atoms with E-state index in [4.69, 9.17) is 0 Å². The predicted octanol–water partition coefficient (Wildman–Crippen LogP) is 1.96. The number of benzene rings is 1. The molecule has 0 bridgehead atoms. The largest absolute Gasteiger partial charge is 0.339 e. The van der Waals surface area contributed by atoms with Crippen LogP contribution in [0.4, 0.5) is 0 Å². The van der Waals surface area contributed by atoms with Crippen molar-refractivity contribution in [3.8, 4) is 5.69 Å². The summed E-state index contributed by atoms with van der Waals surface area (Å²) >= 11 is 0. The molecule has 2 aromatic rings. The molecule has 0 unspecified atom stereocenters. The molecule has 1 amide bonds. The van der Waals surface area contributed by atoms with Crippen molar-refractivity contribution >= 4 is 5.91 Å². The normalized spacial score (nSPS) is 13.2. The van der Waals surface area contributed by atoms with Crippen LogP contribution in [0.1, 0.15) is 33.7 Å². The first-order valence-electron chi connectivity index (χ1n) is 8.19. The summed E-state index contributed by atoms with van der Waals surface area (Å²) in [6.45, 7) is 3.54. The minimum absolute atomic E-state index is 0.0178. The topological polar surface area (TPSA) is 50.2 Å². The van der Waals surface area contributed by atoms with E-state index in [0.717, 1.165) is 37.1 Å². The number of aromatic nitrogens is 2. The molecule has 23 heavy (non-hydrogen) atoms. The van der Waals surface area contributed by atoms with Gasteiger partial charge in [-0.25, -0.2) is 4.68 Å². The Balaban J connectivity index is 1.95. The molecule has 1 aliphatic rings. The third-order valence-electron chi connectivity index (χ3n) is 4.46. The summed E-state index contributed by atoms with van der Waals surface area (Å²) in [5.74, 6) is 0.0178. The fourth-order valence-corrected chi connectivity index (χ4v) is 3.07. The Labute approximate surface area is 137 Å².